The summed E-state index contributed by atoms with van der Waals surface area (Å²) in [6.45, 7) is 1.42. The fraction of sp³-hybridized carbons (Fsp3) is 0.125. The Morgan fingerprint density at radius 2 is 1.83 bits per heavy atom. The molecule has 0 spiro atoms. The summed E-state index contributed by atoms with van der Waals surface area (Å²) in [4.78, 5) is 15.6. The summed E-state index contributed by atoms with van der Waals surface area (Å²) in [7, 11) is 1.58. The number of nitrogens with zero attached hydrogens (tertiary/aromatic N) is 3. The van der Waals surface area contributed by atoms with E-state index in [0.29, 0.717) is 11.6 Å². The Balaban J connectivity index is 1.78. The number of Topliss-reactive ketones (excluding diaryl/α,β-unsaturated/α-hetero) is 1. The second-order valence-electron chi connectivity index (χ2n) is 4.76. The van der Waals surface area contributed by atoms with Gasteiger partial charge in [-0.2, -0.15) is 0 Å². The fourth-order valence-electron chi connectivity index (χ4n) is 2.02. The molecule has 1 aromatic carbocycles. The first kappa shape index (κ1) is 14.7. The SMILES string of the molecule is COc1ccc(-c2ccc(Oc3nn[nH]c3C(C)=O)cc2)cn1. The van der Waals surface area contributed by atoms with Crippen molar-refractivity contribution in [1.29, 1.82) is 0 Å². The molecule has 116 valence electrons. The molecule has 0 saturated carbocycles. The monoisotopic (exact) mass is 310 g/mol. The summed E-state index contributed by atoms with van der Waals surface area (Å²) >= 11 is 0. The molecule has 0 bridgehead atoms. The quantitative estimate of drug-likeness (QED) is 0.729. The highest BCUT2D eigenvalue weighted by molar-refractivity contribution is 5.94. The number of aromatic amines is 1. The third-order valence-corrected chi connectivity index (χ3v) is 3.22. The highest BCUT2D eigenvalue weighted by Gasteiger charge is 2.13. The first-order chi connectivity index (χ1) is 11.2. The normalized spacial score (nSPS) is 10.3. The van der Waals surface area contributed by atoms with Crippen LogP contribution in [-0.2, 0) is 0 Å². The van der Waals surface area contributed by atoms with Crippen molar-refractivity contribution in [3.63, 3.8) is 0 Å². The molecule has 7 heteroatoms. The summed E-state index contributed by atoms with van der Waals surface area (Å²) in [5.41, 5.74) is 2.19. The third-order valence-electron chi connectivity index (χ3n) is 3.22. The second-order valence-corrected chi connectivity index (χ2v) is 4.76. The second kappa shape index (κ2) is 6.27. The van der Waals surface area contributed by atoms with Gasteiger partial charge in [-0.15, -0.1) is 0 Å². The number of nitrogens with one attached hydrogen (secondary N) is 1. The van der Waals surface area contributed by atoms with Crippen LogP contribution in [0.3, 0.4) is 0 Å². The molecule has 0 atom stereocenters. The van der Waals surface area contributed by atoms with E-state index in [0.717, 1.165) is 11.1 Å². The van der Waals surface area contributed by atoms with Gasteiger partial charge in [0.05, 0.1) is 7.11 Å². The minimum atomic E-state index is -0.189. The maximum Gasteiger partial charge on any atom is 0.269 e. The number of H-pyrrole nitrogens is 1. The summed E-state index contributed by atoms with van der Waals surface area (Å²) in [6, 6.07) is 11.1. The molecule has 2 aromatic heterocycles. The van der Waals surface area contributed by atoms with E-state index in [1.807, 2.05) is 18.2 Å². The van der Waals surface area contributed by atoms with Gasteiger partial charge in [0, 0.05) is 24.8 Å². The lowest BCUT2D eigenvalue weighted by molar-refractivity contribution is 0.101. The molecule has 23 heavy (non-hydrogen) atoms. The molecule has 3 rings (SSSR count). The smallest absolute Gasteiger partial charge is 0.269 e. The van der Waals surface area contributed by atoms with Crippen molar-refractivity contribution in [2.24, 2.45) is 0 Å². The van der Waals surface area contributed by atoms with E-state index >= 15 is 0 Å². The third kappa shape index (κ3) is 3.18. The van der Waals surface area contributed by atoms with Crippen molar-refractivity contribution < 1.29 is 14.3 Å². The van der Waals surface area contributed by atoms with Crippen molar-refractivity contribution in [1.82, 2.24) is 20.4 Å². The lowest BCUT2D eigenvalue weighted by Gasteiger charge is -2.06. The Morgan fingerprint density at radius 3 is 2.43 bits per heavy atom. The summed E-state index contributed by atoms with van der Waals surface area (Å²) in [5.74, 6) is 1.10. The van der Waals surface area contributed by atoms with Crippen LogP contribution in [-0.4, -0.2) is 33.3 Å². The topological polar surface area (TPSA) is 90.0 Å². The van der Waals surface area contributed by atoms with Gasteiger partial charge in [-0.3, -0.25) is 9.89 Å². The number of carbonyl (C=O) groups excluding carboxylic acids is 1. The first-order valence-corrected chi connectivity index (χ1v) is 6.87. The molecule has 0 aliphatic heterocycles. The Morgan fingerprint density at radius 1 is 1.09 bits per heavy atom. The van der Waals surface area contributed by atoms with Gasteiger partial charge in [0.1, 0.15) is 5.75 Å². The molecule has 0 unspecified atom stereocenters. The Labute approximate surface area is 132 Å². The van der Waals surface area contributed by atoms with Gasteiger partial charge in [-0.1, -0.05) is 22.4 Å². The predicted octanol–water partition coefficient (Wildman–Crippen LogP) is 2.87. The van der Waals surface area contributed by atoms with E-state index < -0.39 is 0 Å². The lowest BCUT2D eigenvalue weighted by atomic mass is 10.1. The number of carbonyl (C=O) groups is 1. The number of hydrogen-bond acceptors (Lipinski definition) is 6. The maximum absolute atomic E-state index is 11.4. The Bertz CT molecular complexity index is 810. The van der Waals surface area contributed by atoms with Crippen LogP contribution >= 0.6 is 0 Å². The number of ether oxygens (including phenoxy) is 2. The molecule has 0 amide bonds. The van der Waals surface area contributed by atoms with Crippen LogP contribution in [0, 0.1) is 0 Å². The summed E-state index contributed by atoms with van der Waals surface area (Å²) in [5, 5.41) is 9.86. The molecule has 0 fully saturated rings. The van der Waals surface area contributed by atoms with Gasteiger partial charge in [0.15, 0.2) is 11.5 Å². The van der Waals surface area contributed by atoms with Gasteiger partial charge in [0.2, 0.25) is 5.88 Å². The first-order valence-electron chi connectivity index (χ1n) is 6.87. The molecule has 0 aliphatic rings. The molecule has 1 N–H and O–H groups in total. The highest BCUT2D eigenvalue weighted by Crippen LogP contribution is 2.26. The average molecular weight is 310 g/mol. The molecular weight excluding hydrogens is 296 g/mol. The van der Waals surface area contributed by atoms with Crippen molar-refractivity contribution >= 4 is 5.78 Å². The summed E-state index contributed by atoms with van der Waals surface area (Å²) < 4.78 is 10.6. The molecule has 0 saturated heterocycles. The van der Waals surface area contributed by atoms with Crippen LogP contribution in [0.15, 0.2) is 42.6 Å². The average Bonchev–Trinajstić information content (AvgIpc) is 3.04. The van der Waals surface area contributed by atoms with E-state index in [4.69, 9.17) is 9.47 Å². The Hall–Kier alpha value is -3.22. The number of ketones is 1. The maximum atomic E-state index is 11.4. The summed E-state index contributed by atoms with van der Waals surface area (Å²) in [6.07, 6.45) is 1.74. The van der Waals surface area contributed by atoms with Gasteiger partial charge in [0.25, 0.3) is 5.88 Å². The zero-order chi connectivity index (χ0) is 16.2. The zero-order valence-electron chi connectivity index (χ0n) is 12.6. The van der Waals surface area contributed by atoms with Gasteiger partial charge < -0.3 is 9.47 Å². The molecule has 3 aromatic rings. The molecule has 0 aliphatic carbocycles. The number of methoxy groups -OCH3 is 1. The number of benzene rings is 1. The van der Waals surface area contributed by atoms with E-state index in [9.17, 15) is 4.79 Å². The number of aromatic nitrogens is 4. The van der Waals surface area contributed by atoms with Crippen molar-refractivity contribution in [2.75, 3.05) is 7.11 Å². The van der Waals surface area contributed by atoms with Crippen LogP contribution < -0.4 is 9.47 Å². The lowest BCUT2D eigenvalue weighted by Crippen LogP contribution is -1.96. The van der Waals surface area contributed by atoms with Crippen LogP contribution in [0.4, 0.5) is 0 Å². The largest absolute Gasteiger partial charge is 0.481 e. The van der Waals surface area contributed by atoms with Crippen molar-refractivity contribution in [3.8, 4) is 28.6 Å². The molecule has 2 heterocycles. The minimum Gasteiger partial charge on any atom is -0.481 e. The number of hydrogen-bond donors (Lipinski definition) is 1. The van der Waals surface area contributed by atoms with Crippen LogP contribution in [0.1, 0.15) is 17.4 Å². The van der Waals surface area contributed by atoms with Crippen LogP contribution in [0.5, 0.6) is 17.5 Å². The molecule has 7 nitrogen and oxygen atoms in total. The Kier molecular flexibility index (Phi) is 4.01. The molecular formula is C16H14N4O3. The molecule has 0 radical (unpaired) electrons. The van der Waals surface area contributed by atoms with Crippen molar-refractivity contribution in [3.05, 3.63) is 48.3 Å². The predicted molar refractivity (Wildman–Crippen MR) is 82.7 cm³/mol. The van der Waals surface area contributed by atoms with Crippen LogP contribution in [0.25, 0.3) is 11.1 Å². The van der Waals surface area contributed by atoms with Gasteiger partial charge >= 0.3 is 0 Å². The standard InChI is InChI=1S/C16H14N4O3/c1-10(21)15-16(19-20-18-15)23-13-6-3-11(4-7-13)12-5-8-14(22-2)17-9-12/h3-9H,1-2H3,(H,18,19,20). The minimum absolute atomic E-state index is 0.163. The van der Waals surface area contributed by atoms with E-state index in [1.54, 1.807) is 31.5 Å². The van der Waals surface area contributed by atoms with Gasteiger partial charge in [-0.05, 0) is 23.8 Å². The number of pyridine rings is 1. The van der Waals surface area contributed by atoms with Gasteiger partial charge in [-0.25, -0.2) is 4.98 Å². The van der Waals surface area contributed by atoms with Crippen molar-refractivity contribution in [2.45, 2.75) is 6.92 Å². The fourth-order valence-corrected chi connectivity index (χ4v) is 2.02. The van der Waals surface area contributed by atoms with E-state index in [1.165, 1.54) is 6.92 Å². The zero-order valence-corrected chi connectivity index (χ0v) is 12.6. The van der Waals surface area contributed by atoms with Crippen LogP contribution in [0.2, 0.25) is 0 Å². The van der Waals surface area contributed by atoms with E-state index in [-0.39, 0.29) is 17.4 Å². The number of rotatable bonds is 5. The highest BCUT2D eigenvalue weighted by atomic mass is 16.5. The van der Waals surface area contributed by atoms with E-state index in [2.05, 4.69) is 20.4 Å².